The lowest BCUT2D eigenvalue weighted by molar-refractivity contribution is -0.117. The minimum atomic E-state index is 0.0393. The predicted octanol–water partition coefficient (Wildman–Crippen LogP) is 4.60. The van der Waals surface area contributed by atoms with Gasteiger partial charge in [-0.05, 0) is 57.2 Å². The normalized spacial score (nSPS) is 12.0. The second-order valence-electron chi connectivity index (χ2n) is 6.66. The summed E-state index contributed by atoms with van der Waals surface area (Å²) in [5.41, 5.74) is 1.24. The van der Waals surface area contributed by atoms with Crippen molar-refractivity contribution in [2.45, 2.75) is 53.1 Å². The molecule has 0 aliphatic rings. The third-order valence-corrected chi connectivity index (χ3v) is 3.67. The minimum absolute atomic E-state index is 0.0393. The number of ketones is 1. The minimum Gasteiger partial charge on any atom is -0.461 e. The first-order valence-corrected chi connectivity index (χ1v) is 8.67. The van der Waals surface area contributed by atoms with E-state index < -0.39 is 0 Å². The topological polar surface area (TPSA) is 61.3 Å². The number of hydrogen-bond acceptors (Lipinski definition) is 5. The number of aromatic nitrogens is 2. The Labute approximate surface area is 149 Å². The predicted molar refractivity (Wildman–Crippen MR) is 97.1 cm³/mol. The molecule has 0 saturated carbocycles. The van der Waals surface area contributed by atoms with Crippen molar-refractivity contribution < 1.29 is 14.3 Å². The standard InChI is InChI=1S/C20H26N2O3/c1-14(2)24-20-21-12-19(13-22-20)25-18-9-7-17(8-10-18)6-5-15(3)11-16(4)23/h7-10,12-15H,5-6,11H2,1-4H3. The highest BCUT2D eigenvalue weighted by molar-refractivity contribution is 5.75. The zero-order valence-electron chi connectivity index (χ0n) is 15.4. The van der Waals surface area contributed by atoms with E-state index in [4.69, 9.17) is 9.47 Å². The molecule has 1 unspecified atom stereocenters. The largest absolute Gasteiger partial charge is 0.461 e. The molecular formula is C20H26N2O3. The van der Waals surface area contributed by atoms with Gasteiger partial charge in [0.25, 0.3) is 0 Å². The van der Waals surface area contributed by atoms with Gasteiger partial charge < -0.3 is 14.3 Å². The third-order valence-electron chi connectivity index (χ3n) is 3.67. The van der Waals surface area contributed by atoms with Crippen LogP contribution in [0.5, 0.6) is 17.5 Å². The fraction of sp³-hybridized carbons (Fsp3) is 0.450. The fourth-order valence-electron chi connectivity index (χ4n) is 2.49. The number of benzene rings is 1. The van der Waals surface area contributed by atoms with Gasteiger partial charge in [0.15, 0.2) is 5.75 Å². The molecule has 0 fully saturated rings. The molecule has 134 valence electrons. The van der Waals surface area contributed by atoms with Crippen LogP contribution in [0.1, 0.15) is 46.1 Å². The van der Waals surface area contributed by atoms with Crippen LogP contribution in [0, 0.1) is 5.92 Å². The van der Waals surface area contributed by atoms with Crippen LogP contribution in [0.3, 0.4) is 0 Å². The Morgan fingerprint density at radius 1 is 1.04 bits per heavy atom. The lowest BCUT2D eigenvalue weighted by Crippen LogP contribution is -2.08. The molecule has 1 aromatic carbocycles. The maximum atomic E-state index is 11.1. The molecule has 0 saturated heterocycles. The highest BCUT2D eigenvalue weighted by Gasteiger charge is 2.07. The first-order chi connectivity index (χ1) is 11.9. The van der Waals surface area contributed by atoms with Crippen molar-refractivity contribution in [2.24, 2.45) is 5.92 Å². The smallest absolute Gasteiger partial charge is 0.316 e. The maximum Gasteiger partial charge on any atom is 0.316 e. The van der Waals surface area contributed by atoms with Gasteiger partial charge >= 0.3 is 6.01 Å². The van der Waals surface area contributed by atoms with Gasteiger partial charge in [-0.15, -0.1) is 0 Å². The molecule has 5 nitrogen and oxygen atoms in total. The van der Waals surface area contributed by atoms with Crippen LogP contribution < -0.4 is 9.47 Å². The Hall–Kier alpha value is -2.43. The highest BCUT2D eigenvalue weighted by Crippen LogP contribution is 2.22. The van der Waals surface area contributed by atoms with E-state index in [1.165, 1.54) is 5.56 Å². The average Bonchev–Trinajstić information content (AvgIpc) is 2.55. The number of rotatable bonds is 9. The third kappa shape index (κ3) is 6.91. The van der Waals surface area contributed by atoms with Crippen molar-refractivity contribution in [1.29, 1.82) is 0 Å². The number of hydrogen-bond donors (Lipinski definition) is 0. The van der Waals surface area contributed by atoms with Crippen molar-refractivity contribution in [1.82, 2.24) is 9.97 Å². The summed E-state index contributed by atoms with van der Waals surface area (Å²) in [7, 11) is 0. The molecule has 0 bridgehead atoms. The van der Waals surface area contributed by atoms with E-state index in [-0.39, 0.29) is 11.9 Å². The van der Waals surface area contributed by atoms with Crippen molar-refractivity contribution in [3.8, 4) is 17.5 Å². The molecule has 1 aromatic heterocycles. The molecule has 0 radical (unpaired) electrons. The molecule has 0 spiro atoms. The number of ether oxygens (including phenoxy) is 2. The lowest BCUT2D eigenvalue weighted by Gasteiger charge is -2.10. The van der Waals surface area contributed by atoms with Gasteiger partial charge in [-0.1, -0.05) is 19.1 Å². The maximum absolute atomic E-state index is 11.1. The Morgan fingerprint density at radius 3 is 2.24 bits per heavy atom. The van der Waals surface area contributed by atoms with Crippen LogP contribution in [-0.4, -0.2) is 21.9 Å². The fourth-order valence-corrected chi connectivity index (χ4v) is 2.49. The van der Waals surface area contributed by atoms with E-state index in [1.807, 2.05) is 38.1 Å². The quantitative estimate of drug-likeness (QED) is 0.666. The van der Waals surface area contributed by atoms with E-state index >= 15 is 0 Å². The van der Waals surface area contributed by atoms with E-state index in [2.05, 4.69) is 16.9 Å². The van der Waals surface area contributed by atoms with Gasteiger partial charge in [0.1, 0.15) is 11.5 Å². The number of Topliss-reactive ketones (excluding diaryl/α,β-unsaturated/α-hetero) is 1. The van der Waals surface area contributed by atoms with Gasteiger partial charge in [-0.2, -0.15) is 9.97 Å². The van der Waals surface area contributed by atoms with Crippen LogP contribution in [0.2, 0.25) is 0 Å². The molecule has 2 aromatic rings. The summed E-state index contributed by atoms with van der Waals surface area (Å²) >= 11 is 0. The second-order valence-corrected chi connectivity index (χ2v) is 6.66. The summed E-state index contributed by atoms with van der Waals surface area (Å²) < 4.78 is 11.2. The molecule has 25 heavy (non-hydrogen) atoms. The van der Waals surface area contributed by atoms with Crippen LogP contribution >= 0.6 is 0 Å². The second kappa shape index (κ2) is 9.16. The van der Waals surface area contributed by atoms with Crippen LogP contribution in [0.25, 0.3) is 0 Å². The van der Waals surface area contributed by atoms with Crippen molar-refractivity contribution in [3.63, 3.8) is 0 Å². The number of carbonyl (C=O) groups excluding carboxylic acids is 1. The van der Waals surface area contributed by atoms with Gasteiger partial charge in [-0.25, -0.2) is 0 Å². The Balaban J connectivity index is 1.86. The van der Waals surface area contributed by atoms with E-state index in [9.17, 15) is 4.79 Å². The summed E-state index contributed by atoms with van der Waals surface area (Å²) in [6.45, 7) is 7.62. The summed E-state index contributed by atoms with van der Waals surface area (Å²) in [5, 5.41) is 0. The molecule has 5 heteroatoms. The highest BCUT2D eigenvalue weighted by atomic mass is 16.5. The molecule has 1 atom stereocenters. The summed E-state index contributed by atoms with van der Waals surface area (Å²) in [6.07, 6.45) is 5.85. The molecule has 0 aliphatic heterocycles. The summed E-state index contributed by atoms with van der Waals surface area (Å²) in [4.78, 5) is 19.4. The zero-order chi connectivity index (χ0) is 18.2. The number of carbonyl (C=O) groups is 1. The van der Waals surface area contributed by atoms with Crippen molar-refractivity contribution in [2.75, 3.05) is 0 Å². The Morgan fingerprint density at radius 2 is 1.68 bits per heavy atom. The molecule has 1 heterocycles. The Kier molecular flexibility index (Phi) is 6.92. The summed E-state index contributed by atoms with van der Waals surface area (Å²) in [5.74, 6) is 1.97. The lowest BCUT2D eigenvalue weighted by atomic mass is 9.97. The first kappa shape index (κ1) is 18.9. The molecule has 0 amide bonds. The molecule has 2 rings (SSSR count). The van der Waals surface area contributed by atoms with Crippen LogP contribution in [0.15, 0.2) is 36.7 Å². The van der Waals surface area contributed by atoms with Gasteiger partial charge in [0.2, 0.25) is 0 Å². The van der Waals surface area contributed by atoms with Crippen molar-refractivity contribution >= 4 is 5.78 Å². The van der Waals surface area contributed by atoms with E-state index in [0.717, 1.165) is 18.6 Å². The van der Waals surface area contributed by atoms with Gasteiger partial charge in [0.05, 0.1) is 18.5 Å². The van der Waals surface area contributed by atoms with E-state index in [1.54, 1.807) is 19.3 Å². The molecular weight excluding hydrogens is 316 g/mol. The van der Waals surface area contributed by atoms with Crippen molar-refractivity contribution in [3.05, 3.63) is 42.2 Å². The average molecular weight is 342 g/mol. The summed E-state index contributed by atoms with van der Waals surface area (Å²) in [6, 6.07) is 8.31. The monoisotopic (exact) mass is 342 g/mol. The van der Waals surface area contributed by atoms with Crippen LogP contribution in [-0.2, 0) is 11.2 Å². The molecule has 0 N–H and O–H groups in total. The van der Waals surface area contributed by atoms with Gasteiger partial charge in [0, 0.05) is 6.42 Å². The van der Waals surface area contributed by atoms with E-state index in [0.29, 0.717) is 24.1 Å². The zero-order valence-corrected chi connectivity index (χ0v) is 15.4. The number of nitrogens with zero attached hydrogens (tertiary/aromatic N) is 2. The SMILES string of the molecule is CC(=O)CC(C)CCc1ccc(Oc2cnc(OC(C)C)nc2)cc1. The number of aryl methyl sites for hydroxylation is 1. The van der Waals surface area contributed by atoms with Crippen LogP contribution in [0.4, 0.5) is 0 Å². The Bertz CT molecular complexity index is 666. The molecule has 0 aliphatic carbocycles. The first-order valence-electron chi connectivity index (χ1n) is 8.67. The van der Waals surface area contributed by atoms with Gasteiger partial charge in [-0.3, -0.25) is 0 Å².